The van der Waals surface area contributed by atoms with Crippen molar-refractivity contribution in [2.45, 2.75) is 19.9 Å². The van der Waals surface area contributed by atoms with E-state index in [9.17, 15) is 18.0 Å². The minimum atomic E-state index is -3.69. The fourth-order valence-corrected chi connectivity index (χ4v) is 4.23. The van der Waals surface area contributed by atoms with Crippen LogP contribution in [0.2, 0.25) is 0 Å². The molecule has 0 spiro atoms. The van der Waals surface area contributed by atoms with Crippen molar-refractivity contribution in [2.75, 3.05) is 30.3 Å². The first kappa shape index (κ1) is 20.9. The van der Waals surface area contributed by atoms with Crippen molar-refractivity contribution in [1.82, 2.24) is 4.90 Å². The van der Waals surface area contributed by atoms with E-state index in [4.69, 9.17) is 4.74 Å². The molecule has 0 aliphatic carbocycles. The molecule has 0 saturated heterocycles. The Balaban J connectivity index is 1.60. The van der Waals surface area contributed by atoms with Crippen LogP contribution < -0.4 is 4.31 Å². The summed E-state index contributed by atoms with van der Waals surface area (Å²) in [6, 6.07) is 14.8. The van der Waals surface area contributed by atoms with Gasteiger partial charge < -0.3 is 9.64 Å². The number of fused-ring (bicyclic) bond motifs is 1. The van der Waals surface area contributed by atoms with Gasteiger partial charge in [-0.15, -0.1) is 0 Å². The number of nitrogens with zero attached hydrogens (tertiary/aromatic N) is 2. The number of carbonyl (C=O) groups is 2. The van der Waals surface area contributed by atoms with Gasteiger partial charge in [-0.1, -0.05) is 42.5 Å². The van der Waals surface area contributed by atoms with Crippen LogP contribution in [-0.4, -0.2) is 51.1 Å². The number of hydrogen-bond donors (Lipinski definition) is 0. The largest absolute Gasteiger partial charge is 0.454 e. The van der Waals surface area contributed by atoms with Gasteiger partial charge in [-0.3, -0.25) is 13.9 Å². The first-order chi connectivity index (χ1) is 13.8. The molecule has 0 atom stereocenters. The molecule has 29 heavy (non-hydrogen) atoms. The van der Waals surface area contributed by atoms with E-state index >= 15 is 0 Å². The smallest absolute Gasteiger partial charge is 0.327 e. The Morgan fingerprint density at radius 2 is 1.72 bits per heavy atom. The summed E-state index contributed by atoms with van der Waals surface area (Å²) in [6.45, 7) is 1.90. The Hall–Kier alpha value is -2.87. The molecule has 8 heteroatoms. The molecule has 0 saturated carbocycles. The molecule has 154 valence electrons. The minimum absolute atomic E-state index is 0.297. The summed E-state index contributed by atoms with van der Waals surface area (Å²) in [7, 11) is -3.69. The molecule has 1 heterocycles. The average molecular weight is 416 g/mol. The molecule has 1 aliphatic rings. The van der Waals surface area contributed by atoms with Crippen LogP contribution in [0.1, 0.15) is 16.7 Å². The Morgan fingerprint density at radius 3 is 2.41 bits per heavy atom. The van der Waals surface area contributed by atoms with Gasteiger partial charge in [0.1, 0.15) is 6.54 Å². The molecule has 0 fully saturated rings. The second-order valence-electron chi connectivity index (χ2n) is 7.05. The summed E-state index contributed by atoms with van der Waals surface area (Å²) < 4.78 is 30.4. The Bertz CT molecular complexity index is 1020. The molecule has 0 radical (unpaired) electrons. The van der Waals surface area contributed by atoms with Crippen LogP contribution in [0.5, 0.6) is 0 Å². The van der Waals surface area contributed by atoms with Crippen LogP contribution in [-0.2, 0) is 37.3 Å². The van der Waals surface area contributed by atoms with Crippen LogP contribution in [0.3, 0.4) is 0 Å². The van der Waals surface area contributed by atoms with Gasteiger partial charge >= 0.3 is 5.97 Å². The number of anilines is 1. The lowest BCUT2D eigenvalue weighted by atomic mass is 10.00. The van der Waals surface area contributed by atoms with E-state index in [1.165, 1.54) is 5.56 Å². The molecule has 1 amide bonds. The van der Waals surface area contributed by atoms with E-state index < -0.39 is 29.1 Å². The van der Waals surface area contributed by atoms with Gasteiger partial charge in [0.25, 0.3) is 5.91 Å². The van der Waals surface area contributed by atoms with Crippen LogP contribution in [0.15, 0.2) is 48.5 Å². The lowest BCUT2D eigenvalue weighted by Crippen LogP contribution is -2.40. The lowest BCUT2D eigenvalue weighted by Gasteiger charge is -2.29. The highest BCUT2D eigenvalue weighted by atomic mass is 32.2. The minimum Gasteiger partial charge on any atom is -0.454 e. The summed E-state index contributed by atoms with van der Waals surface area (Å²) >= 11 is 0. The maximum absolute atomic E-state index is 12.4. The van der Waals surface area contributed by atoms with E-state index in [1.807, 2.05) is 24.3 Å². The zero-order valence-corrected chi connectivity index (χ0v) is 17.3. The number of benzene rings is 2. The molecule has 7 nitrogen and oxygen atoms in total. The highest BCUT2D eigenvalue weighted by Crippen LogP contribution is 2.22. The number of rotatable bonds is 6. The van der Waals surface area contributed by atoms with Crippen molar-refractivity contribution in [2.24, 2.45) is 0 Å². The van der Waals surface area contributed by atoms with Crippen LogP contribution >= 0.6 is 0 Å². The van der Waals surface area contributed by atoms with Crippen molar-refractivity contribution in [3.8, 4) is 0 Å². The number of hydrogen-bond acceptors (Lipinski definition) is 5. The van der Waals surface area contributed by atoms with E-state index in [2.05, 4.69) is 0 Å². The summed E-state index contributed by atoms with van der Waals surface area (Å²) in [5.41, 5.74) is 3.43. The zero-order valence-electron chi connectivity index (χ0n) is 16.5. The quantitative estimate of drug-likeness (QED) is 0.672. The average Bonchev–Trinajstić information content (AvgIpc) is 2.69. The fraction of sp³-hybridized carbons (Fsp3) is 0.333. The van der Waals surface area contributed by atoms with Crippen LogP contribution in [0.25, 0.3) is 0 Å². The maximum atomic E-state index is 12.4. The number of carbonyl (C=O) groups excluding carboxylic acids is 2. The maximum Gasteiger partial charge on any atom is 0.327 e. The molecule has 0 unspecified atom stereocenters. The van der Waals surface area contributed by atoms with Gasteiger partial charge in [0.05, 0.1) is 11.9 Å². The zero-order chi connectivity index (χ0) is 21.0. The van der Waals surface area contributed by atoms with E-state index in [-0.39, 0.29) is 5.91 Å². The highest BCUT2D eigenvalue weighted by molar-refractivity contribution is 7.92. The lowest BCUT2D eigenvalue weighted by molar-refractivity contribution is -0.151. The Morgan fingerprint density at radius 1 is 1.07 bits per heavy atom. The number of aryl methyl sites for hydroxylation is 1. The molecular formula is C21H24N2O5S. The predicted octanol–water partition coefficient (Wildman–Crippen LogP) is 1.89. The molecule has 0 aromatic heterocycles. The second-order valence-corrected chi connectivity index (χ2v) is 8.96. The van der Waals surface area contributed by atoms with Crippen molar-refractivity contribution in [3.05, 3.63) is 65.2 Å². The van der Waals surface area contributed by atoms with E-state index in [0.717, 1.165) is 22.5 Å². The van der Waals surface area contributed by atoms with Crippen LogP contribution in [0, 0.1) is 6.92 Å². The topological polar surface area (TPSA) is 84.0 Å². The third kappa shape index (κ3) is 5.14. The van der Waals surface area contributed by atoms with Gasteiger partial charge in [-0.05, 0) is 36.1 Å². The molecular weight excluding hydrogens is 392 g/mol. The van der Waals surface area contributed by atoms with Gasteiger partial charge in [0, 0.05) is 13.1 Å². The summed E-state index contributed by atoms with van der Waals surface area (Å²) in [6.07, 6.45) is 1.79. The molecule has 0 N–H and O–H groups in total. The molecule has 3 rings (SSSR count). The van der Waals surface area contributed by atoms with E-state index in [0.29, 0.717) is 24.3 Å². The molecule has 1 aliphatic heterocycles. The van der Waals surface area contributed by atoms with Crippen molar-refractivity contribution in [3.63, 3.8) is 0 Å². The number of para-hydroxylation sites is 1. The summed E-state index contributed by atoms with van der Waals surface area (Å²) in [5.74, 6) is -1.07. The number of ether oxygens (including phenoxy) is 1. The van der Waals surface area contributed by atoms with Gasteiger partial charge in [-0.25, -0.2) is 8.42 Å². The highest BCUT2D eigenvalue weighted by Gasteiger charge is 2.25. The van der Waals surface area contributed by atoms with Gasteiger partial charge in [0.15, 0.2) is 6.61 Å². The summed E-state index contributed by atoms with van der Waals surface area (Å²) in [5, 5.41) is 0. The van der Waals surface area contributed by atoms with Crippen molar-refractivity contribution in [1.29, 1.82) is 0 Å². The molecule has 2 aromatic rings. The number of sulfonamides is 1. The van der Waals surface area contributed by atoms with E-state index in [1.54, 1.807) is 36.1 Å². The normalized spacial score (nSPS) is 13.5. The van der Waals surface area contributed by atoms with Crippen molar-refractivity contribution >= 4 is 27.6 Å². The second kappa shape index (κ2) is 8.65. The SMILES string of the molecule is Cc1ccccc1N(CC(=O)OCC(=O)N1CCc2ccccc2C1)S(C)(=O)=O. The first-order valence-electron chi connectivity index (χ1n) is 9.29. The Kier molecular flexibility index (Phi) is 6.22. The fourth-order valence-electron chi connectivity index (χ4n) is 3.33. The monoisotopic (exact) mass is 416 g/mol. The van der Waals surface area contributed by atoms with Gasteiger partial charge in [0.2, 0.25) is 10.0 Å². The standard InChI is InChI=1S/C21H24N2O5S/c1-16-7-3-6-10-19(16)23(29(2,26)27)14-21(25)28-15-20(24)22-12-11-17-8-4-5-9-18(17)13-22/h3-10H,11-15H2,1-2H3. The van der Waals surface area contributed by atoms with Crippen LogP contribution in [0.4, 0.5) is 5.69 Å². The molecule has 2 aromatic carbocycles. The van der Waals surface area contributed by atoms with Crippen molar-refractivity contribution < 1.29 is 22.7 Å². The summed E-state index contributed by atoms with van der Waals surface area (Å²) in [4.78, 5) is 26.4. The molecule has 0 bridgehead atoms. The first-order valence-corrected chi connectivity index (χ1v) is 11.1. The number of esters is 1. The number of amides is 1. The Labute approximate surface area is 170 Å². The third-order valence-corrected chi connectivity index (χ3v) is 6.02. The van der Waals surface area contributed by atoms with Gasteiger partial charge in [-0.2, -0.15) is 0 Å². The third-order valence-electron chi connectivity index (χ3n) is 4.90. The predicted molar refractivity (Wildman–Crippen MR) is 110 cm³/mol.